The number of aliphatic hydroxyl groups excluding tert-OH is 1. The lowest BCUT2D eigenvalue weighted by Crippen LogP contribution is -2.56. The van der Waals surface area contributed by atoms with E-state index in [0.29, 0.717) is 6.42 Å². The molecule has 0 saturated heterocycles. The van der Waals surface area contributed by atoms with Crippen LogP contribution < -0.4 is 0 Å². The zero-order chi connectivity index (χ0) is 19.2. The monoisotopic (exact) mass is 382 g/mol. The molecule has 25 heavy (non-hydrogen) atoms. The number of quaternary nitrogens is 1. The average Bonchev–Trinajstić information content (AvgIpc) is 2.52. The quantitative estimate of drug-likeness (QED) is 0.202. The van der Waals surface area contributed by atoms with Gasteiger partial charge in [0.1, 0.15) is 0 Å². The molecule has 1 atom stereocenters. The van der Waals surface area contributed by atoms with E-state index in [1.165, 1.54) is 38.5 Å². The summed E-state index contributed by atoms with van der Waals surface area (Å²) in [6, 6.07) is 0. The SMILES string of the molecule is CCCCCCCCCCCC[N+](CCCO)(CC(=O)O)S(=O)(=O)O. The second-order valence-electron chi connectivity index (χ2n) is 6.76. The first-order chi connectivity index (χ1) is 11.8. The summed E-state index contributed by atoms with van der Waals surface area (Å²) in [5.74, 6) is -1.28. The van der Waals surface area contributed by atoms with Crippen LogP contribution >= 0.6 is 0 Å². The summed E-state index contributed by atoms with van der Waals surface area (Å²) in [7, 11) is -4.56. The number of carboxylic acid groups (broad SMARTS) is 1. The topological polar surface area (TPSA) is 112 Å². The van der Waals surface area contributed by atoms with Gasteiger partial charge in [0.2, 0.25) is 0 Å². The van der Waals surface area contributed by atoms with Crippen molar-refractivity contribution in [1.29, 1.82) is 0 Å². The molecule has 0 bridgehead atoms. The molecule has 0 amide bonds. The van der Waals surface area contributed by atoms with Crippen LogP contribution in [0.15, 0.2) is 0 Å². The summed E-state index contributed by atoms with van der Waals surface area (Å²) < 4.78 is 32.2. The van der Waals surface area contributed by atoms with Crippen LogP contribution in [-0.4, -0.2) is 59.3 Å². The molecule has 0 radical (unpaired) electrons. The minimum absolute atomic E-state index is 0.0572. The summed E-state index contributed by atoms with van der Waals surface area (Å²) >= 11 is 0. The van der Waals surface area contributed by atoms with Gasteiger partial charge in [-0.3, -0.25) is 0 Å². The van der Waals surface area contributed by atoms with E-state index in [0.717, 1.165) is 19.3 Å². The van der Waals surface area contributed by atoms with Gasteiger partial charge in [0.05, 0.1) is 13.1 Å². The summed E-state index contributed by atoms with van der Waals surface area (Å²) in [6.07, 6.45) is 11.0. The molecule has 0 aliphatic rings. The van der Waals surface area contributed by atoms with E-state index in [1.54, 1.807) is 0 Å². The molecule has 7 nitrogen and oxygen atoms in total. The number of carbonyl (C=O) groups is 1. The third kappa shape index (κ3) is 10.8. The van der Waals surface area contributed by atoms with Crippen molar-refractivity contribution in [3.8, 4) is 0 Å². The Hall–Kier alpha value is -0.700. The maximum Gasteiger partial charge on any atom is 0.433 e. The number of rotatable bonds is 17. The molecule has 0 aliphatic carbocycles. The van der Waals surface area contributed by atoms with Crippen molar-refractivity contribution in [2.75, 3.05) is 26.2 Å². The molecule has 0 aromatic heterocycles. The second kappa shape index (κ2) is 13.5. The fourth-order valence-corrected chi connectivity index (χ4v) is 4.07. The van der Waals surface area contributed by atoms with Gasteiger partial charge in [-0.1, -0.05) is 58.3 Å². The normalized spacial score (nSPS) is 14.4. The van der Waals surface area contributed by atoms with Crippen LogP contribution in [0.5, 0.6) is 0 Å². The first kappa shape index (κ1) is 24.3. The Morgan fingerprint density at radius 1 is 0.840 bits per heavy atom. The highest BCUT2D eigenvalue weighted by Crippen LogP contribution is 2.19. The molecule has 0 fully saturated rings. The van der Waals surface area contributed by atoms with Gasteiger partial charge in [-0.15, -0.1) is 8.42 Å². The largest absolute Gasteiger partial charge is 0.477 e. The molecule has 0 spiro atoms. The lowest BCUT2D eigenvalue weighted by molar-refractivity contribution is -0.804. The second-order valence-corrected chi connectivity index (χ2v) is 8.43. The molecule has 0 rings (SSSR count). The molecule has 150 valence electrons. The Kier molecular flexibility index (Phi) is 13.1. The Labute approximate surface area is 152 Å². The van der Waals surface area contributed by atoms with E-state index in [-0.39, 0.29) is 26.1 Å². The molecule has 3 N–H and O–H groups in total. The predicted octanol–water partition coefficient (Wildman–Crippen LogP) is 2.99. The van der Waals surface area contributed by atoms with Crippen molar-refractivity contribution >= 4 is 16.3 Å². The number of nitrogens with zero attached hydrogens (tertiary/aromatic N) is 1. The molecule has 0 aliphatic heterocycles. The minimum atomic E-state index is -4.56. The van der Waals surface area contributed by atoms with Crippen LogP contribution in [-0.2, 0) is 15.1 Å². The predicted molar refractivity (Wildman–Crippen MR) is 97.6 cm³/mol. The van der Waals surface area contributed by atoms with Gasteiger partial charge < -0.3 is 10.2 Å². The molecule has 1 unspecified atom stereocenters. The van der Waals surface area contributed by atoms with Crippen LogP contribution in [0.3, 0.4) is 0 Å². The fourth-order valence-electron chi connectivity index (χ4n) is 3.07. The number of unbranched alkanes of at least 4 members (excludes halogenated alkanes) is 9. The lowest BCUT2D eigenvalue weighted by Gasteiger charge is -2.32. The maximum absolute atomic E-state index is 11.8. The van der Waals surface area contributed by atoms with Gasteiger partial charge in [-0.25, -0.2) is 9.35 Å². The number of carboxylic acids is 1. The van der Waals surface area contributed by atoms with Crippen molar-refractivity contribution < 1.29 is 31.9 Å². The summed E-state index contributed by atoms with van der Waals surface area (Å²) in [6.45, 7) is 1.22. The van der Waals surface area contributed by atoms with E-state index >= 15 is 0 Å². The van der Waals surface area contributed by atoms with E-state index in [9.17, 15) is 17.8 Å². The number of aliphatic hydroxyl groups is 1. The van der Waals surface area contributed by atoms with Crippen LogP contribution in [0.4, 0.5) is 0 Å². The number of hydrogen-bond acceptors (Lipinski definition) is 4. The average molecular weight is 383 g/mol. The van der Waals surface area contributed by atoms with Gasteiger partial charge >= 0.3 is 16.3 Å². The molecule has 8 heteroatoms. The highest BCUT2D eigenvalue weighted by atomic mass is 32.2. The minimum Gasteiger partial charge on any atom is -0.477 e. The molecular weight excluding hydrogens is 346 g/mol. The Morgan fingerprint density at radius 2 is 1.28 bits per heavy atom. The molecule has 0 saturated carbocycles. The molecular formula is C17H36NO6S+. The van der Waals surface area contributed by atoms with Crippen LogP contribution in [0.2, 0.25) is 0 Å². The zero-order valence-electron chi connectivity index (χ0n) is 15.5. The van der Waals surface area contributed by atoms with E-state index in [2.05, 4.69) is 6.92 Å². The third-order valence-corrected chi connectivity index (χ3v) is 6.03. The number of aliphatic carboxylic acids is 1. The highest BCUT2D eigenvalue weighted by molar-refractivity contribution is 7.80. The van der Waals surface area contributed by atoms with Crippen molar-refractivity contribution in [3.63, 3.8) is 0 Å². The van der Waals surface area contributed by atoms with Crippen LogP contribution in [0.25, 0.3) is 0 Å². The van der Waals surface area contributed by atoms with Gasteiger partial charge in [0.25, 0.3) is 0 Å². The lowest BCUT2D eigenvalue weighted by atomic mass is 10.1. The maximum atomic E-state index is 11.8. The van der Waals surface area contributed by atoms with Crippen molar-refractivity contribution in [2.24, 2.45) is 0 Å². The first-order valence-corrected chi connectivity index (χ1v) is 10.8. The van der Waals surface area contributed by atoms with Crippen molar-refractivity contribution in [1.82, 2.24) is 0 Å². The number of hydrogen-bond donors (Lipinski definition) is 3. The molecule has 0 aromatic rings. The summed E-state index contributed by atoms with van der Waals surface area (Å²) in [5.41, 5.74) is 0. The van der Waals surface area contributed by atoms with E-state index < -0.39 is 26.7 Å². The third-order valence-electron chi connectivity index (χ3n) is 4.56. The summed E-state index contributed by atoms with van der Waals surface area (Å²) in [5, 5.41) is 18.0. The van der Waals surface area contributed by atoms with Crippen LogP contribution in [0, 0.1) is 0 Å². The van der Waals surface area contributed by atoms with E-state index in [1.807, 2.05) is 0 Å². The Morgan fingerprint density at radius 3 is 1.68 bits per heavy atom. The smallest absolute Gasteiger partial charge is 0.433 e. The summed E-state index contributed by atoms with van der Waals surface area (Å²) in [4.78, 5) is 11.1. The van der Waals surface area contributed by atoms with E-state index in [4.69, 9.17) is 10.2 Å². The van der Waals surface area contributed by atoms with Crippen LogP contribution in [0.1, 0.15) is 77.6 Å². The Bertz CT molecular complexity index is 454. The van der Waals surface area contributed by atoms with Crippen molar-refractivity contribution in [3.05, 3.63) is 0 Å². The first-order valence-electron chi connectivity index (χ1n) is 9.45. The van der Waals surface area contributed by atoms with Gasteiger partial charge in [-0.05, 0) is 12.8 Å². The molecule has 0 aromatic carbocycles. The van der Waals surface area contributed by atoms with Gasteiger partial charge in [0.15, 0.2) is 6.54 Å². The highest BCUT2D eigenvalue weighted by Gasteiger charge is 2.42. The standard InChI is InChI=1S/C17H35NO6S/c1-2-3-4-5-6-7-8-9-10-11-13-18(14-12-15-19,16-17(20)21)25(22,23)24/h19H,2-16H2,1H3,(H-,20,21,22,23,24)/p+1. The Balaban J connectivity index is 4.28. The van der Waals surface area contributed by atoms with Gasteiger partial charge in [-0.2, -0.15) is 3.89 Å². The zero-order valence-corrected chi connectivity index (χ0v) is 16.3. The van der Waals surface area contributed by atoms with Crippen molar-refractivity contribution in [2.45, 2.75) is 77.6 Å². The fraction of sp³-hybridized carbons (Fsp3) is 0.941. The van der Waals surface area contributed by atoms with Gasteiger partial charge in [0, 0.05) is 13.0 Å². The molecule has 0 heterocycles.